The highest BCUT2D eigenvalue weighted by atomic mass is 32.2. The summed E-state index contributed by atoms with van der Waals surface area (Å²) in [5.74, 6) is 0.453. The summed E-state index contributed by atoms with van der Waals surface area (Å²) in [7, 11) is -3.35. The number of hydrogen-bond donors (Lipinski definition) is 0. The van der Waals surface area contributed by atoms with E-state index < -0.39 is 10.2 Å². The van der Waals surface area contributed by atoms with E-state index in [0.29, 0.717) is 32.1 Å². The Morgan fingerprint density at radius 2 is 2.00 bits per heavy atom. The number of hydrogen-bond acceptors (Lipinski definition) is 2. The largest absolute Gasteiger partial charge is 0.282 e. The molecule has 1 fully saturated rings. The summed E-state index contributed by atoms with van der Waals surface area (Å²) in [6.45, 7) is 6.48. The lowest BCUT2D eigenvalue weighted by Crippen LogP contribution is -2.47. The molecule has 5 heteroatoms. The van der Waals surface area contributed by atoms with Crippen LogP contribution in [0, 0.1) is 5.92 Å². The fourth-order valence-electron chi connectivity index (χ4n) is 2.83. The van der Waals surface area contributed by atoms with E-state index in [4.69, 9.17) is 0 Å². The Kier molecular flexibility index (Phi) is 5.79. The van der Waals surface area contributed by atoms with Gasteiger partial charge in [0.2, 0.25) is 0 Å². The first-order chi connectivity index (χ1) is 10.0. The van der Waals surface area contributed by atoms with Crippen molar-refractivity contribution >= 4 is 10.2 Å². The lowest BCUT2D eigenvalue weighted by molar-refractivity contribution is 0.255. The van der Waals surface area contributed by atoms with Gasteiger partial charge in [-0.25, -0.2) is 0 Å². The zero-order valence-electron chi connectivity index (χ0n) is 13.0. The molecule has 1 heterocycles. The van der Waals surface area contributed by atoms with Crippen molar-refractivity contribution in [3.8, 4) is 0 Å². The molecule has 1 aliphatic rings. The second-order valence-corrected chi connectivity index (χ2v) is 7.86. The van der Waals surface area contributed by atoms with Crippen molar-refractivity contribution in [1.29, 1.82) is 0 Å². The van der Waals surface area contributed by atoms with Gasteiger partial charge in [-0.1, -0.05) is 44.2 Å². The van der Waals surface area contributed by atoms with Crippen LogP contribution in [0.25, 0.3) is 0 Å². The summed E-state index contributed by atoms with van der Waals surface area (Å²) in [5, 5.41) is 0. The first-order valence-electron chi connectivity index (χ1n) is 7.83. The van der Waals surface area contributed by atoms with E-state index in [0.717, 1.165) is 24.8 Å². The predicted molar refractivity (Wildman–Crippen MR) is 86.0 cm³/mol. The van der Waals surface area contributed by atoms with Crippen molar-refractivity contribution in [3.05, 3.63) is 35.9 Å². The molecule has 0 radical (unpaired) electrons. The number of piperidine rings is 1. The van der Waals surface area contributed by atoms with Gasteiger partial charge in [-0.05, 0) is 30.7 Å². The summed E-state index contributed by atoms with van der Waals surface area (Å²) < 4.78 is 29.0. The third-order valence-corrected chi connectivity index (χ3v) is 5.90. The highest BCUT2D eigenvalue weighted by molar-refractivity contribution is 7.86. The number of rotatable bonds is 6. The van der Waals surface area contributed by atoms with E-state index >= 15 is 0 Å². The zero-order valence-corrected chi connectivity index (χ0v) is 13.8. The maximum absolute atomic E-state index is 12.9. The molecule has 1 aromatic carbocycles. The summed E-state index contributed by atoms with van der Waals surface area (Å²) in [4.78, 5) is 0. The Labute approximate surface area is 128 Å². The molecule has 0 amide bonds. The minimum atomic E-state index is -3.35. The zero-order chi connectivity index (χ0) is 15.3. The summed E-state index contributed by atoms with van der Waals surface area (Å²) in [6, 6.07) is 9.83. The average Bonchev–Trinajstić information content (AvgIpc) is 2.48. The average molecular weight is 310 g/mol. The van der Waals surface area contributed by atoms with Crippen LogP contribution < -0.4 is 0 Å². The Balaban J connectivity index is 2.15. The van der Waals surface area contributed by atoms with Crippen molar-refractivity contribution in [2.45, 2.75) is 39.7 Å². The van der Waals surface area contributed by atoms with Gasteiger partial charge in [0.15, 0.2) is 0 Å². The minimum absolute atomic E-state index is 0.453. The first-order valence-corrected chi connectivity index (χ1v) is 9.23. The topological polar surface area (TPSA) is 40.6 Å². The van der Waals surface area contributed by atoms with Crippen LogP contribution in [0.3, 0.4) is 0 Å². The van der Waals surface area contributed by atoms with Crippen LogP contribution in [0.2, 0.25) is 0 Å². The van der Waals surface area contributed by atoms with Crippen molar-refractivity contribution < 1.29 is 8.42 Å². The molecule has 21 heavy (non-hydrogen) atoms. The van der Waals surface area contributed by atoms with E-state index in [1.807, 2.05) is 37.3 Å². The summed E-state index contributed by atoms with van der Waals surface area (Å²) >= 11 is 0. The van der Waals surface area contributed by atoms with E-state index in [2.05, 4.69) is 6.92 Å². The molecule has 2 rings (SSSR count). The lowest BCUT2D eigenvalue weighted by atomic mass is 10.0. The predicted octanol–water partition coefficient (Wildman–Crippen LogP) is 2.88. The standard InChI is InChI=1S/C16H26N2O2S/c1-3-11-17(14-16-9-5-4-6-10-16)21(19,20)18-12-7-8-15(2)13-18/h4-6,9-10,15H,3,7-8,11-14H2,1-2H3. The smallest absolute Gasteiger partial charge is 0.195 e. The summed E-state index contributed by atoms with van der Waals surface area (Å²) in [6.07, 6.45) is 2.92. The molecule has 0 spiro atoms. The Hall–Kier alpha value is -0.910. The van der Waals surface area contributed by atoms with Gasteiger partial charge in [-0.3, -0.25) is 0 Å². The highest BCUT2D eigenvalue weighted by Gasteiger charge is 2.32. The van der Waals surface area contributed by atoms with Crippen molar-refractivity contribution in [2.24, 2.45) is 5.92 Å². The van der Waals surface area contributed by atoms with Crippen molar-refractivity contribution in [3.63, 3.8) is 0 Å². The van der Waals surface area contributed by atoms with Crippen LogP contribution in [-0.4, -0.2) is 36.7 Å². The summed E-state index contributed by atoms with van der Waals surface area (Å²) in [5.41, 5.74) is 1.04. The maximum atomic E-state index is 12.9. The molecule has 1 atom stereocenters. The monoisotopic (exact) mass is 310 g/mol. The Morgan fingerprint density at radius 3 is 2.62 bits per heavy atom. The van der Waals surface area contributed by atoms with Crippen LogP contribution in [0.5, 0.6) is 0 Å². The Bertz CT molecular complexity index is 530. The van der Waals surface area contributed by atoms with Gasteiger partial charge in [0.25, 0.3) is 10.2 Å². The highest BCUT2D eigenvalue weighted by Crippen LogP contribution is 2.22. The molecule has 1 aliphatic heterocycles. The van der Waals surface area contributed by atoms with E-state index in [-0.39, 0.29) is 0 Å². The molecule has 1 saturated heterocycles. The van der Waals surface area contributed by atoms with Gasteiger partial charge in [0.1, 0.15) is 0 Å². The Morgan fingerprint density at radius 1 is 1.29 bits per heavy atom. The quantitative estimate of drug-likeness (QED) is 0.810. The molecule has 1 aromatic rings. The van der Waals surface area contributed by atoms with Crippen LogP contribution in [0.4, 0.5) is 0 Å². The number of nitrogens with zero attached hydrogens (tertiary/aromatic N) is 2. The SMILES string of the molecule is CCCN(Cc1ccccc1)S(=O)(=O)N1CCCC(C)C1. The van der Waals surface area contributed by atoms with Crippen molar-refractivity contribution in [1.82, 2.24) is 8.61 Å². The van der Waals surface area contributed by atoms with Gasteiger partial charge in [0.05, 0.1) is 0 Å². The molecule has 0 N–H and O–H groups in total. The molecule has 0 bridgehead atoms. The molecule has 1 unspecified atom stereocenters. The fraction of sp³-hybridized carbons (Fsp3) is 0.625. The lowest BCUT2D eigenvalue weighted by Gasteiger charge is -2.34. The van der Waals surface area contributed by atoms with Crippen LogP contribution in [0.15, 0.2) is 30.3 Å². The third-order valence-electron chi connectivity index (χ3n) is 3.95. The van der Waals surface area contributed by atoms with Crippen LogP contribution in [0.1, 0.15) is 38.7 Å². The third kappa shape index (κ3) is 4.28. The van der Waals surface area contributed by atoms with Crippen LogP contribution in [-0.2, 0) is 16.8 Å². The van der Waals surface area contributed by atoms with Crippen molar-refractivity contribution in [2.75, 3.05) is 19.6 Å². The minimum Gasteiger partial charge on any atom is -0.195 e. The normalized spacial score (nSPS) is 20.8. The van der Waals surface area contributed by atoms with Gasteiger partial charge in [-0.15, -0.1) is 0 Å². The second kappa shape index (κ2) is 7.38. The van der Waals surface area contributed by atoms with Gasteiger partial charge >= 0.3 is 0 Å². The van der Waals surface area contributed by atoms with Gasteiger partial charge < -0.3 is 0 Å². The molecule has 4 nitrogen and oxygen atoms in total. The number of benzene rings is 1. The molecular formula is C16H26N2O2S. The first kappa shape index (κ1) is 16.5. The van der Waals surface area contributed by atoms with Gasteiger partial charge in [0, 0.05) is 26.2 Å². The maximum Gasteiger partial charge on any atom is 0.282 e. The molecule has 0 aromatic heterocycles. The fourth-order valence-corrected chi connectivity index (χ4v) is 4.69. The molecule has 118 valence electrons. The van der Waals surface area contributed by atoms with Crippen LogP contribution >= 0.6 is 0 Å². The van der Waals surface area contributed by atoms with E-state index in [1.165, 1.54) is 0 Å². The van der Waals surface area contributed by atoms with E-state index in [1.54, 1.807) is 8.61 Å². The molecular weight excluding hydrogens is 284 g/mol. The van der Waals surface area contributed by atoms with E-state index in [9.17, 15) is 8.42 Å². The second-order valence-electron chi connectivity index (χ2n) is 5.93. The van der Waals surface area contributed by atoms with Gasteiger partial charge in [-0.2, -0.15) is 17.0 Å². The molecule has 0 saturated carbocycles. The molecule has 0 aliphatic carbocycles.